The summed E-state index contributed by atoms with van der Waals surface area (Å²) in [6.07, 6.45) is 0. The normalized spacial score (nSPS) is 10.3. The number of hydrogen-bond acceptors (Lipinski definition) is 5. The molecule has 1 heterocycles. The summed E-state index contributed by atoms with van der Waals surface area (Å²) in [6, 6.07) is 17.5. The van der Waals surface area contributed by atoms with Gasteiger partial charge in [0.2, 0.25) is 5.69 Å². The molecule has 0 unspecified atom stereocenters. The molecule has 7 heteroatoms. The molecule has 6 nitrogen and oxygen atoms in total. The summed E-state index contributed by atoms with van der Waals surface area (Å²) < 4.78 is 0. The fourth-order valence-corrected chi connectivity index (χ4v) is 3.01. The molecule has 24 heavy (non-hydrogen) atoms. The minimum absolute atomic E-state index is 0.0609. The van der Waals surface area contributed by atoms with Gasteiger partial charge in [-0.2, -0.15) is 10.5 Å². The van der Waals surface area contributed by atoms with Crippen LogP contribution in [-0.4, -0.2) is 26.5 Å². The highest BCUT2D eigenvalue weighted by Gasteiger charge is 2.15. The first-order valence-corrected chi connectivity index (χ1v) is 8.02. The number of benzene rings is 2. The van der Waals surface area contributed by atoms with Crippen molar-refractivity contribution < 1.29 is 9.90 Å². The maximum atomic E-state index is 11.0. The first-order valence-electron chi connectivity index (χ1n) is 7.03. The van der Waals surface area contributed by atoms with Crippen LogP contribution in [0.15, 0.2) is 53.6 Å². The third kappa shape index (κ3) is 3.45. The number of thioether (sulfide) groups is 1. The number of carboxylic acid groups (broad SMARTS) is 1. The van der Waals surface area contributed by atoms with E-state index in [2.05, 4.69) is 21.5 Å². The number of nitrogens with one attached hydrogen (secondary N) is 1. The molecule has 0 saturated carbocycles. The maximum Gasteiger partial charge on any atom is 0.359 e. The highest BCUT2D eigenvalue weighted by molar-refractivity contribution is 7.98. The van der Waals surface area contributed by atoms with E-state index in [-0.39, 0.29) is 5.69 Å². The van der Waals surface area contributed by atoms with E-state index in [0.717, 1.165) is 16.7 Å². The monoisotopic (exact) mass is 336 g/mol. The quantitative estimate of drug-likeness (QED) is 0.693. The van der Waals surface area contributed by atoms with Crippen molar-refractivity contribution in [2.45, 2.75) is 10.8 Å². The molecule has 3 rings (SSSR count). The lowest BCUT2D eigenvalue weighted by atomic mass is 10.0. The van der Waals surface area contributed by atoms with E-state index in [1.54, 1.807) is 12.1 Å². The smallest absolute Gasteiger partial charge is 0.359 e. The lowest BCUT2D eigenvalue weighted by molar-refractivity contribution is 0.0686. The second kappa shape index (κ2) is 6.98. The number of aromatic carboxylic acids is 1. The van der Waals surface area contributed by atoms with Gasteiger partial charge in [-0.1, -0.05) is 48.2 Å². The maximum absolute atomic E-state index is 11.0. The number of H-pyrrole nitrogens is 1. The van der Waals surface area contributed by atoms with E-state index in [0.29, 0.717) is 16.3 Å². The predicted octanol–water partition coefficient (Wildman–Crippen LogP) is 3.33. The van der Waals surface area contributed by atoms with Gasteiger partial charge < -0.3 is 5.11 Å². The van der Waals surface area contributed by atoms with Gasteiger partial charge in [-0.05, 0) is 28.8 Å². The number of rotatable bonds is 5. The molecule has 0 aliphatic carbocycles. The van der Waals surface area contributed by atoms with Crippen molar-refractivity contribution in [3.8, 4) is 17.2 Å². The van der Waals surface area contributed by atoms with E-state index < -0.39 is 5.97 Å². The van der Waals surface area contributed by atoms with Crippen molar-refractivity contribution >= 4 is 17.7 Å². The summed E-state index contributed by atoms with van der Waals surface area (Å²) in [7, 11) is 0. The topological polar surface area (TPSA) is 103 Å². The SMILES string of the molecule is N#Cc1ccc(-c2ccc(CSc3n[nH]nc3C(=O)O)cc2)cc1. The molecule has 0 radical (unpaired) electrons. The molecule has 0 atom stereocenters. The Kier molecular flexibility index (Phi) is 4.59. The van der Waals surface area contributed by atoms with E-state index in [1.165, 1.54) is 11.8 Å². The molecule has 1 aromatic heterocycles. The number of aromatic nitrogens is 3. The Morgan fingerprint density at radius 1 is 1.08 bits per heavy atom. The Morgan fingerprint density at radius 3 is 2.29 bits per heavy atom. The van der Waals surface area contributed by atoms with Crippen LogP contribution in [0.25, 0.3) is 11.1 Å². The standard InChI is InChI=1S/C17H12N4O2S/c18-9-11-1-5-13(6-2-11)14-7-3-12(4-8-14)10-24-16-15(17(22)23)19-21-20-16/h1-8H,10H2,(H,22,23)(H,19,20,21). The van der Waals surface area contributed by atoms with Gasteiger partial charge in [0.05, 0.1) is 11.6 Å². The Balaban J connectivity index is 1.69. The average molecular weight is 336 g/mol. The van der Waals surface area contributed by atoms with Crippen LogP contribution in [0, 0.1) is 11.3 Å². The van der Waals surface area contributed by atoms with Crippen LogP contribution in [0.5, 0.6) is 0 Å². The van der Waals surface area contributed by atoms with Crippen molar-refractivity contribution in [1.82, 2.24) is 15.4 Å². The molecule has 2 aromatic carbocycles. The molecule has 0 fully saturated rings. The van der Waals surface area contributed by atoms with E-state index in [1.807, 2.05) is 36.4 Å². The van der Waals surface area contributed by atoms with Crippen LogP contribution < -0.4 is 0 Å². The minimum Gasteiger partial charge on any atom is -0.476 e. The van der Waals surface area contributed by atoms with Crippen LogP contribution in [0.1, 0.15) is 21.6 Å². The first kappa shape index (κ1) is 15.8. The Labute approximate surface area is 142 Å². The van der Waals surface area contributed by atoms with Crippen molar-refractivity contribution in [1.29, 1.82) is 5.26 Å². The van der Waals surface area contributed by atoms with Gasteiger partial charge in [0.15, 0.2) is 5.03 Å². The Hall–Kier alpha value is -3.11. The fraction of sp³-hybridized carbons (Fsp3) is 0.0588. The van der Waals surface area contributed by atoms with Gasteiger partial charge in [0.1, 0.15) is 0 Å². The second-order valence-electron chi connectivity index (χ2n) is 4.96. The van der Waals surface area contributed by atoms with Crippen LogP contribution in [0.4, 0.5) is 0 Å². The number of carboxylic acids is 1. The number of aromatic amines is 1. The van der Waals surface area contributed by atoms with Gasteiger partial charge in [-0.3, -0.25) is 0 Å². The van der Waals surface area contributed by atoms with Gasteiger partial charge in [-0.15, -0.1) is 10.2 Å². The molecule has 0 amide bonds. The van der Waals surface area contributed by atoms with Gasteiger partial charge in [0.25, 0.3) is 0 Å². The van der Waals surface area contributed by atoms with Gasteiger partial charge >= 0.3 is 5.97 Å². The van der Waals surface area contributed by atoms with Crippen LogP contribution in [-0.2, 0) is 5.75 Å². The summed E-state index contributed by atoms with van der Waals surface area (Å²) in [6.45, 7) is 0. The molecule has 3 aromatic rings. The molecule has 0 spiro atoms. The van der Waals surface area contributed by atoms with E-state index >= 15 is 0 Å². The predicted molar refractivity (Wildman–Crippen MR) is 89.5 cm³/mol. The second-order valence-corrected chi connectivity index (χ2v) is 5.92. The zero-order valence-electron chi connectivity index (χ0n) is 12.4. The van der Waals surface area contributed by atoms with E-state index in [9.17, 15) is 4.79 Å². The summed E-state index contributed by atoms with van der Waals surface area (Å²) in [5.41, 5.74) is 3.72. The summed E-state index contributed by atoms with van der Waals surface area (Å²) in [5.74, 6) is -0.497. The zero-order valence-corrected chi connectivity index (χ0v) is 13.2. The number of nitrogens with zero attached hydrogens (tertiary/aromatic N) is 3. The summed E-state index contributed by atoms with van der Waals surface area (Å²) in [5, 5.41) is 28.0. The van der Waals surface area contributed by atoms with Crippen LogP contribution >= 0.6 is 11.8 Å². The largest absolute Gasteiger partial charge is 0.476 e. The number of hydrogen-bond donors (Lipinski definition) is 2. The average Bonchev–Trinajstić information content (AvgIpc) is 3.09. The van der Waals surface area contributed by atoms with Crippen molar-refractivity contribution in [3.05, 3.63) is 65.4 Å². The zero-order chi connectivity index (χ0) is 16.9. The van der Waals surface area contributed by atoms with Gasteiger partial charge in [0, 0.05) is 5.75 Å². The van der Waals surface area contributed by atoms with Crippen molar-refractivity contribution in [3.63, 3.8) is 0 Å². The number of nitriles is 1. The minimum atomic E-state index is -1.09. The highest BCUT2D eigenvalue weighted by Crippen LogP contribution is 2.25. The third-order valence-corrected chi connectivity index (χ3v) is 4.43. The molecule has 0 saturated heterocycles. The van der Waals surface area contributed by atoms with Crippen molar-refractivity contribution in [2.24, 2.45) is 0 Å². The van der Waals surface area contributed by atoms with Crippen LogP contribution in [0.2, 0.25) is 0 Å². The molecule has 0 aliphatic rings. The summed E-state index contributed by atoms with van der Waals surface area (Å²) >= 11 is 1.32. The highest BCUT2D eigenvalue weighted by atomic mass is 32.2. The molecular weight excluding hydrogens is 324 g/mol. The third-order valence-electron chi connectivity index (χ3n) is 3.40. The van der Waals surface area contributed by atoms with Gasteiger partial charge in [-0.25, -0.2) is 4.79 Å². The first-order chi connectivity index (χ1) is 11.7. The lowest BCUT2D eigenvalue weighted by Gasteiger charge is -2.04. The molecule has 2 N–H and O–H groups in total. The molecule has 0 bridgehead atoms. The molecule has 0 aliphatic heterocycles. The Morgan fingerprint density at radius 2 is 1.71 bits per heavy atom. The fourth-order valence-electron chi connectivity index (χ4n) is 2.14. The number of carbonyl (C=O) groups is 1. The molecular formula is C17H12N4O2S. The molecule has 118 valence electrons. The van der Waals surface area contributed by atoms with Crippen molar-refractivity contribution in [2.75, 3.05) is 0 Å². The van der Waals surface area contributed by atoms with Crippen LogP contribution in [0.3, 0.4) is 0 Å². The van der Waals surface area contributed by atoms with E-state index in [4.69, 9.17) is 10.4 Å². The summed E-state index contributed by atoms with van der Waals surface area (Å²) in [4.78, 5) is 11.0. The lowest BCUT2D eigenvalue weighted by Crippen LogP contribution is -1.98. The Bertz CT molecular complexity index is 896.